The summed E-state index contributed by atoms with van der Waals surface area (Å²) in [6, 6.07) is 2.58. The Hall–Kier alpha value is -0.990. The Bertz CT molecular complexity index is 355. The second kappa shape index (κ2) is 2.75. The van der Waals surface area contributed by atoms with E-state index in [4.69, 9.17) is 5.73 Å². The molecule has 2 N–H and O–H groups in total. The van der Waals surface area contributed by atoms with Crippen molar-refractivity contribution < 1.29 is 0 Å². The average molecular weight is 191 g/mol. The van der Waals surface area contributed by atoms with E-state index in [1.54, 1.807) is 0 Å². The van der Waals surface area contributed by atoms with E-state index in [0.717, 1.165) is 23.3 Å². The number of nitrogens with zero attached hydrogens (tertiary/aromatic N) is 2. The molecule has 3 nitrogen and oxygen atoms in total. The van der Waals surface area contributed by atoms with E-state index >= 15 is 0 Å². The number of rotatable bonds is 1. The molecule has 3 rings (SSSR count). The highest BCUT2D eigenvalue weighted by molar-refractivity contribution is 5.31. The highest BCUT2D eigenvalue weighted by Crippen LogP contribution is 2.50. The van der Waals surface area contributed by atoms with Gasteiger partial charge in [-0.3, -0.25) is 0 Å². The largest absolute Gasteiger partial charge is 0.384 e. The van der Waals surface area contributed by atoms with Crippen molar-refractivity contribution in [3.05, 3.63) is 11.8 Å². The van der Waals surface area contributed by atoms with Crippen LogP contribution in [0.2, 0.25) is 0 Å². The number of anilines is 1. The van der Waals surface area contributed by atoms with Crippen molar-refractivity contribution in [2.75, 3.05) is 5.73 Å². The summed E-state index contributed by atoms with van der Waals surface area (Å²) in [5, 5.41) is 4.50. The Morgan fingerprint density at radius 2 is 2.29 bits per heavy atom. The van der Waals surface area contributed by atoms with Gasteiger partial charge in [0.2, 0.25) is 0 Å². The zero-order chi connectivity index (χ0) is 9.71. The summed E-state index contributed by atoms with van der Waals surface area (Å²) < 4.78 is 2.07. The van der Waals surface area contributed by atoms with Crippen LogP contribution in [0.1, 0.15) is 37.4 Å². The van der Waals surface area contributed by atoms with Crippen LogP contribution < -0.4 is 5.73 Å². The standard InChI is InChI=1S/C11H17N3/c1-7-4-11(12)14(13-7)10-6-8-2-3-9(10)5-8/h4,8-10H,2-3,5-6,12H2,1H3/t8-,9-,10+/m0/s1. The van der Waals surface area contributed by atoms with Crippen molar-refractivity contribution in [2.24, 2.45) is 11.8 Å². The first-order chi connectivity index (χ1) is 6.74. The van der Waals surface area contributed by atoms with Crippen LogP contribution in [0.5, 0.6) is 0 Å². The van der Waals surface area contributed by atoms with E-state index in [-0.39, 0.29) is 0 Å². The maximum Gasteiger partial charge on any atom is 0.122 e. The molecule has 1 heterocycles. The number of nitrogens with two attached hydrogens (primary N) is 1. The molecule has 2 bridgehead atoms. The molecule has 14 heavy (non-hydrogen) atoms. The predicted octanol–water partition coefficient (Wildman–Crippen LogP) is 2.13. The van der Waals surface area contributed by atoms with E-state index in [1.165, 1.54) is 25.7 Å². The van der Waals surface area contributed by atoms with Crippen LogP contribution >= 0.6 is 0 Å². The van der Waals surface area contributed by atoms with Crippen molar-refractivity contribution in [3.8, 4) is 0 Å². The molecule has 3 heteroatoms. The maximum atomic E-state index is 5.95. The van der Waals surface area contributed by atoms with Crippen molar-refractivity contribution in [1.29, 1.82) is 0 Å². The minimum atomic E-state index is 0.599. The normalized spacial score (nSPS) is 35.4. The molecule has 1 aromatic heterocycles. The first kappa shape index (κ1) is 8.33. The first-order valence-corrected chi connectivity index (χ1v) is 5.55. The van der Waals surface area contributed by atoms with Gasteiger partial charge in [0.15, 0.2) is 0 Å². The molecule has 2 fully saturated rings. The molecule has 2 aliphatic rings. The van der Waals surface area contributed by atoms with Crippen LogP contribution in [-0.2, 0) is 0 Å². The van der Waals surface area contributed by atoms with E-state index in [2.05, 4.69) is 9.78 Å². The summed E-state index contributed by atoms with van der Waals surface area (Å²) in [6.45, 7) is 2.01. The topological polar surface area (TPSA) is 43.8 Å². The summed E-state index contributed by atoms with van der Waals surface area (Å²) in [6.07, 6.45) is 5.52. The van der Waals surface area contributed by atoms with Crippen LogP contribution in [-0.4, -0.2) is 9.78 Å². The monoisotopic (exact) mass is 191 g/mol. The zero-order valence-corrected chi connectivity index (χ0v) is 8.61. The number of aryl methyl sites for hydroxylation is 1. The third kappa shape index (κ3) is 1.08. The fourth-order valence-electron chi connectivity index (χ4n) is 3.31. The number of nitrogen functional groups attached to an aromatic ring is 1. The van der Waals surface area contributed by atoms with Gasteiger partial charge in [0.05, 0.1) is 11.7 Å². The first-order valence-electron chi connectivity index (χ1n) is 5.55. The Labute approximate surface area is 84.3 Å². The molecular weight excluding hydrogens is 174 g/mol. The predicted molar refractivity (Wildman–Crippen MR) is 55.9 cm³/mol. The van der Waals surface area contributed by atoms with Crippen molar-refractivity contribution in [3.63, 3.8) is 0 Å². The smallest absolute Gasteiger partial charge is 0.122 e. The second-order valence-electron chi connectivity index (χ2n) is 4.90. The third-order valence-corrected chi connectivity index (χ3v) is 3.90. The summed E-state index contributed by atoms with van der Waals surface area (Å²) >= 11 is 0. The van der Waals surface area contributed by atoms with E-state index in [1.807, 2.05) is 13.0 Å². The molecule has 76 valence electrons. The number of aromatic nitrogens is 2. The van der Waals surface area contributed by atoms with Gasteiger partial charge in [-0.25, -0.2) is 4.68 Å². The highest BCUT2D eigenvalue weighted by Gasteiger charge is 2.41. The minimum Gasteiger partial charge on any atom is -0.384 e. The molecule has 0 aromatic carbocycles. The Morgan fingerprint density at radius 1 is 1.43 bits per heavy atom. The van der Waals surface area contributed by atoms with Gasteiger partial charge in [0.1, 0.15) is 5.82 Å². The quantitative estimate of drug-likeness (QED) is 0.739. The Balaban J connectivity index is 1.92. The highest BCUT2D eigenvalue weighted by atomic mass is 15.3. The maximum absolute atomic E-state index is 5.95. The number of hydrogen-bond acceptors (Lipinski definition) is 2. The fourth-order valence-corrected chi connectivity index (χ4v) is 3.31. The van der Waals surface area contributed by atoms with E-state index in [9.17, 15) is 0 Å². The molecule has 0 radical (unpaired) electrons. The molecule has 0 unspecified atom stereocenters. The lowest BCUT2D eigenvalue weighted by atomic mass is 9.95. The second-order valence-corrected chi connectivity index (χ2v) is 4.90. The minimum absolute atomic E-state index is 0.599. The van der Waals surface area contributed by atoms with Crippen molar-refractivity contribution in [2.45, 2.75) is 38.6 Å². The van der Waals surface area contributed by atoms with Gasteiger partial charge in [-0.05, 0) is 38.0 Å². The average Bonchev–Trinajstić information content (AvgIpc) is 2.79. The molecule has 0 saturated heterocycles. The van der Waals surface area contributed by atoms with E-state index < -0.39 is 0 Å². The van der Waals surface area contributed by atoms with Crippen molar-refractivity contribution in [1.82, 2.24) is 9.78 Å². The summed E-state index contributed by atoms with van der Waals surface area (Å²) in [5.41, 5.74) is 7.00. The lowest BCUT2D eigenvalue weighted by Gasteiger charge is -2.22. The fraction of sp³-hybridized carbons (Fsp3) is 0.727. The van der Waals surface area contributed by atoms with Gasteiger partial charge in [-0.2, -0.15) is 5.10 Å². The lowest BCUT2D eigenvalue weighted by molar-refractivity contribution is 0.309. The van der Waals surface area contributed by atoms with E-state index in [0.29, 0.717) is 6.04 Å². The van der Waals surface area contributed by atoms with Crippen molar-refractivity contribution >= 4 is 5.82 Å². The van der Waals surface area contributed by atoms with Crippen LogP contribution in [0, 0.1) is 18.8 Å². The molecule has 0 aliphatic heterocycles. The summed E-state index contributed by atoms with van der Waals surface area (Å²) in [7, 11) is 0. The number of fused-ring (bicyclic) bond motifs is 2. The molecule has 1 aromatic rings. The summed E-state index contributed by atoms with van der Waals surface area (Å²) in [5.74, 6) is 2.65. The number of hydrogen-bond donors (Lipinski definition) is 1. The van der Waals surface area contributed by atoms with Gasteiger partial charge in [-0.1, -0.05) is 6.42 Å². The molecule has 3 atom stereocenters. The Kier molecular flexibility index (Phi) is 1.64. The zero-order valence-electron chi connectivity index (χ0n) is 8.61. The lowest BCUT2D eigenvalue weighted by Crippen LogP contribution is -2.19. The molecule has 0 amide bonds. The van der Waals surface area contributed by atoms with Gasteiger partial charge < -0.3 is 5.73 Å². The third-order valence-electron chi connectivity index (χ3n) is 3.90. The van der Waals surface area contributed by atoms with Gasteiger partial charge in [0, 0.05) is 6.07 Å². The summed E-state index contributed by atoms with van der Waals surface area (Å²) in [4.78, 5) is 0. The molecule has 0 spiro atoms. The Morgan fingerprint density at radius 3 is 2.79 bits per heavy atom. The van der Waals surface area contributed by atoms with Gasteiger partial charge in [0.25, 0.3) is 0 Å². The van der Waals surface area contributed by atoms with Crippen LogP contribution in [0.4, 0.5) is 5.82 Å². The van der Waals surface area contributed by atoms with Crippen LogP contribution in [0.15, 0.2) is 6.07 Å². The molecular formula is C11H17N3. The molecule has 2 aliphatic carbocycles. The van der Waals surface area contributed by atoms with Crippen LogP contribution in [0.3, 0.4) is 0 Å². The van der Waals surface area contributed by atoms with Gasteiger partial charge >= 0.3 is 0 Å². The SMILES string of the molecule is Cc1cc(N)n([C@@H]2C[C@H]3CC[C@H]2C3)n1. The molecule has 2 saturated carbocycles. The van der Waals surface area contributed by atoms with Crippen LogP contribution in [0.25, 0.3) is 0 Å². The van der Waals surface area contributed by atoms with Gasteiger partial charge in [-0.15, -0.1) is 0 Å².